The standard InChI is InChI=1S/C20H24N4/c1-23-11-6-16(7-12-23)8-13-24-14-10-22-20(24)18-4-5-19-17(15-18)3-2-9-21-19/h2-5,9-10,14-16H,6-8,11-13H2,1H3. The molecule has 0 aliphatic carbocycles. The monoisotopic (exact) mass is 320 g/mol. The molecule has 4 rings (SSSR count). The number of nitrogens with zero attached hydrogens (tertiary/aromatic N) is 4. The fraction of sp³-hybridized carbons (Fsp3) is 0.400. The van der Waals surface area contributed by atoms with Gasteiger partial charge in [0.25, 0.3) is 0 Å². The molecule has 0 unspecified atom stereocenters. The van der Waals surface area contributed by atoms with E-state index in [1.54, 1.807) is 0 Å². The molecule has 3 aromatic rings. The Morgan fingerprint density at radius 1 is 1.08 bits per heavy atom. The number of imidazole rings is 1. The number of fused-ring (bicyclic) bond motifs is 1. The van der Waals surface area contributed by atoms with E-state index in [-0.39, 0.29) is 0 Å². The number of pyridine rings is 1. The molecular formula is C20H24N4. The SMILES string of the molecule is CN1CCC(CCn2ccnc2-c2ccc3ncccc3c2)CC1. The third kappa shape index (κ3) is 3.20. The van der Waals surface area contributed by atoms with E-state index in [4.69, 9.17) is 0 Å². The summed E-state index contributed by atoms with van der Waals surface area (Å²) >= 11 is 0. The molecule has 4 heteroatoms. The first-order valence-corrected chi connectivity index (χ1v) is 8.84. The molecule has 1 fully saturated rings. The van der Waals surface area contributed by atoms with E-state index in [1.165, 1.54) is 43.3 Å². The third-order valence-electron chi connectivity index (χ3n) is 5.19. The Hall–Kier alpha value is -2.20. The molecule has 124 valence electrons. The summed E-state index contributed by atoms with van der Waals surface area (Å²) in [7, 11) is 2.22. The fourth-order valence-corrected chi connectivity index (χ4v) is 3.64. The van der Waals surface area contributed by atoms with E-state index in [0.29, 0.717) is 0 Å². The van der Waals surface area contributed by atoms with Crippen LogP contribution in [0.2, 0.25) is 0 Å². The summed E-state index contributed by atoms with van der Waals surface area (Å²) in [5.41, 5.74) is 2.20. The van der Waals surface area contributed by atoms with Gasteiger partial charge in [0.15, 0.2) is 0 Å². The summed E-state index contributed by atoms with van der Waals surface area (Å²) in [5.74, 6) is 1.91. The van der Waals surface area contributed by atoms with Crippen LogP contribution in [0.4, 0.5) is 0 Å². The fourth-order valence-electron chi connectivity index (χ4n) is 3.64. The lowest BCUT2D eigenvalue weighted by Gasteiger charge is -2.29. The van der Waals surface area contributed by atoms with Gasteiger partial charge in [-0.3, -0.25) is 4.98 Å². The average Bonchev–Trinajstić information content (AvgIpc) is 3.09. The van der Waals surface area contributed by atoms with Crippen molar-refractivity contribution in [3.63, 3.8) is 0 Å². The zero-order valence-corrected chi connectivity index (χ0v) is 14.2. The summed E-state index contributed by atoms with van der Waals surface area (Å²) in [4.78, 5) is 11.4. The lowest BCUT2D eigenvalue weighted by atomic mass is 9.94. The number of hydrogen-bond acceptors (Lipinski definition) is 3. The summed E-state index contributed by atoms with van der Waals surface area (Å²) in [6.45, 7) is 3.52. The van der Waals surface area contributed by atoms with E-state index < -0.39 is 0 Å². The number of hydrogen-bond donors (Lipinski definition) is 0. The zero-order chi connectivity index (χ0) is 16.4. The van der Waals surface area contributed by atoms with Gasteiger partial charge in [-0.15, -0.1) is 0 Å². The van der Waals surface area contributed by atoms with Crippen LogP contribution in [-0.2, 0) is 6.54 Å². The normalized spacial score (nSPS) is 16.7. The highest BCUT2D eigenvalue weighted by Gasteiger charge is 2.17. The summed E-state index contributed by atoms with van der Waals surface area (Å²) < 4.78 is 2.30. The van der Waals surface area contributed by atoms with E-state index in [1.807, 2.05) is 18.5 Å². The molecule has 0 N–H and O–H groups in total. The van der Waals surface area contributed by atoms with Crippen LogP contribution < -0.4 is 0 Å². The zero-order valence-electron chi connectivity index (χ0n) is 14.2. The minimum Gasteiger partial charge on any atom is -0.331 e. The van der Waals surface area contributed by atoms with Crippen LogP contribution >= 0.6 is 0 Å². The van der Waals surface area contributed by atoms with Gasteiger partial charge in [-0.05, 0) is 69.6 Å². The number of benzene rings is 1. The smallest absolute Gasteiger partial charge is 0.139 e. The van der Waals surface area contributed by atoms with Crippen LogP contribution in [0.3, 0.4) is 0 Å². The maximum atomic E-state index is 4.60. The van der Waals surface area contributed by atoms with Crippen LogP contribution in [-0.4, -0.2) is 39.6 Å². The van der Waals surface area contributed by atoms with Crippen molar-refractivity contribution in [3.05, 3.63) is 48.9 Å². The molecule has 4 nitrogen and oxygen atoms in total. The van der Waals surface area contributed by atoms with E-state index in [0.717, 1.165) is 23.8 Å². The lowest BCUT2D eigenvalue weighted by molar-refractivity contribution is 0.208. The second kappa shape index (κ2) is 6.73. The predicted octanol–water partition coefficient (Wildman–Crippen LogP) is 3.83. The van der Waals surface area contributed by atoms with Crippen molar-refractivity contribution in [2.45, 2.75) is 25.8 Å². The second-order valence-electron chi connectivity index (χ2n) is 6.89. The van der Waals surface area contributed by atoms with Gasteiger partial charge in [0, 0.05) is 36.1 Å². The Balaban J connectivity index is 1.51. The quantitative estimate of drug-likeness (QED) is 0.732. The van der Waals surface area contributed by atoms with Gasteiger partial charge in [0.05, 0.1) is 5.52 Å². The Morgan fingerprint density at radius 2 is 1.96 bits per heavy atom. The number of aryl methyl sites for hydroxylation is 1. The van der Waals surface area contributed by atoms with Gasteiger partial charge >= 0.3 is 0 Å². The van der Waals surface area contributed by atoms with Crippen molar-refractivity contribution in [1.82, 2.24) is 19.4 Å². The topological polar surface area (TPSA) is 34.0 Å². The van der Waals surface area contributed by atoms with Crippen molar-refractivity contribution < 1.29 is 0 Å². The van der Waals surface area contributed by atoms with Gasteiger partial charge in [-0.25, -0.2) is 4.98 Å². The molecule has 0 atom stereocenters. The molecule has 0 spiro atoms. The first-order valence-electron chi connectivity index (χ1n) is 8.84. The van der Waals surface area contributed by atoms with Gasteiger partial charge in [0.1, 0.15) is 5.82 Å². The van der Waals surface area contributed by atoms with Crippen LogP contribution in [0.1, 0.15) is 19.3 Å². The minimum atomic E-state index is 0.845. The molecule has 1 aliphatic rings. The highest BCUT2D eigenvalue weighted by molar-refractivity contribution is 5.83. The van der Waals surface area contributed by atoms with Crippen molar-refractivity contribution in [2.75, 3.05) is 20.1 Å². The second-order valence-corrected chi connectivity index (χ2v) is 6.89. The first-order chi connectivity index (χ1) is 11.8. The molecule has 0 bridgehead atoms. The van der Waals surface area contributed by atoms with E-state index >= 15 is 0 Å². The van der Waals surface area contributed by atoms with Crippen molar-refractivity contribution in [1.29, 1.82) is 0 Å². The highest BCUT2D eigenvalue weighted by atomic mass is 15.1. The van der Waals surface area contributed by atoms with Crippen LogP contribution in [0.25, 0.3) is 22.3 Å². The Kier molecular flexibility index (Phi) is 4.30. The highest BCUT2D eigenvalue weighted by Crippen LogP contribution is 2.25. The van der Waals surface area contributed by atoms with E-state index in [9.17, 15) is 0 Å². The van der Waals surface area contributed by atoms with Crippen LogP contribution in [0, 0.1) is 5.92 Å². The average molecular weight is 320 g/mol. The minimum absolute atomic E-state index is 0.845. The predicted molar refractivity (Wildman–Crippen MR) is 97.8 cm³/mol. The van der Waals surface area contributed by atoms with Gasteiger partial charge < -0.3 is 9.47 Å². The lowest BCUT2D eigenvalue weighted by Crippen LogP contribution is -2.30. The third-order valence-corrected chi connectivity index (χ3v) is 5.19. The Bertz CT molecular complexity index is 815. The Morgan fingerprint density at radius 3 is 2.83 bits per heavy atom. The molecule has 24 heavy (non-hydrogen) atoms. The molecule has 1 aliphatic heterocycles. The summed E-state index contributed by atoms with van der Waals surface area (Å²) in [6, 6.07) is 10.5. The number of aromatic nitrogens is 3. The molecule has 3 heterocycles. The maximum Gasteiger partial charge on any atom is 0.139 e. The van der Waals surface area contributed by atoms with Crippen molar-refractivity contribution in [3.8, 4) is 11.4 Å². The first kappa shape index (κ1) is 15.3. The molecule has 1 saturated heterocycles. The number of likely N-dealkylation sites (tertiary alicyclic amines) is 1. The summed E-state index contributed by atoms with van der Waals surface area (Å²) in [5, 5.41) is 1.17. The largest absolute Gasteiger partial charge is 0.331 e. The van der Waals surface area contributed by atoms with Gasteiger partial charge in [-0.2, -0.15) is 0 Å². The molecular weight excluding hydrogens is 296 g/mol. The van der Waals surface area contributed by atoms with E-state index in [2.05, 4.69) is 56.9 Å². The van der Waals surface area contributed by atoms with Gasteiger partial charge in [0.2, 0.25) is 0 Å². The Labute approximate surface area is 143 Å². The van der Waals surface area contributed by atoms with Crippen molar-refractivity contribution >= 4 is 10.9 Å². The number of rotatable bonds is 4. The summed E-state index contributed by atoms with van der Waals surface area (Å²) in [6.07, 6.45) is 9.75. The maximum absolute atomic E-state index is 4.60. The van der Waals surface area contributed by atoms with Crippen molar-refractivity contribution in [2.24, 2.45) is 5.92 Å². The molecule has 2 aromatic heterocycles. The molecule has 1 aromatic carbocycles. The van der Waals surface area contributed by atoms with Gasteiger partial charge in [-0.1, -0.05) is 6.07 Å². The van der Waals surface area contributed by atoms with Crippen LogP contribution in [0.15, 0.2) is 48.9 Å². The molecule has 0 saturated carbocycles. The van der Waals surface area contributed by atoms with Crippen LogP contribution in [0.5, 0.6) is 0 Å². The molecule has 0 radical (unpaired) electrons. The number of piperidine rings is 1. The molecule has 0 amide bonds.